The Balaban J connectivity index is 0.000000208. The number of fused-ring (bicyclic) bond motifs is 5. The molecule has 2 bridgehead atoms. The van der Waals surface area contributed by atoms with Crippen molar-refractivity contribution in [3.8, 4) is 0 Å². The van der Waals surface area contributed by atoms with Crippen LogP contribution < -0.4 is 0 Å². The number of nitrogens with one attached hydrogen (secondary N) is 2. The van der Waals surface area contributed by atoms with Crippen molar-refractivity contribution in [2.24, 2.45) is 29.6 Å². The first-order chi connectivity index (χ1) is 8.19. The zero-order chi connectivity index (χ0) is 12.8. The topological polar surface area (TPSA) is 81.8 Å². The lowest BCUT2D eigenvalue weighted by molar-refractivity contribution is 0.201. The summed E-state index contributed by atoms with van der Waals surface area (Å²) in [4.78, 5) is 16.7. The summed E-state index contributed by atoms with van der Waals surface area (Å²) in [6.45, 7) is 2.49. The van der Waals surface area contributed by atoms with Crippen LogP contribution in [0.15, 0.2) is 0 Å². The Kier molecular flexibility index (Phi) is 5.27. The standard InChI is InChI=1S/C11H18.2CHNO/c1-7-5-8-6-11(7)10-4-2-3-9(8)10;2*2-1-3/h7-11H,2-6H2,1H3;2*2H. The molecule has 94 valence electrons. The first kappa shape index (κ1) is 13.8. The lowest BCUT2D eigenvalue weighted by atomic mass is 9.77. The predicted octanol–water partition coefficient (Wildman–Crippen LogP) is 2.88. The Hall–Kier alpha value is -1.24. The van der Waals surface area contributed by atoms with Gasteiger partial charge in [0.2, 0.25) is 12.2 Å². The highest BCUT2D eigenvalue weighted by Gasteiger charge is 2.52. The summed E-state index contributed by atoms with van der Waals surface area (Å²) in [5, 5.41) is 10.8. The maximum Gasteiger partial charge on any atom is 0.231 e. The molecule has 0 aliphatic heterocycles. The van der Waals surface area contributed by atoms with Gasteiger partial charge < -0.3 is 0 Å². The van der Waals surface area contributed by atoms with Crippen LogP contribution in [-0.4, -0.2) is 12.2 Å². The lowest BCUT2D eigenvalue weighted by Gasteiger charge is -2.29. The van der Waals surface area contributed by atoms with E-state index >= 15 is 0 Å². The SMILES string of the molecule is CC1CC2CC1C1CCCC21.N=C=O.N=C=O. The third-order valence-electron chi connectivity index (χ3n) is 4.76. The molecule has 5 atom stereocenters. The molecule has 3 aliphatic rings. The van der Waals surface area contributed by atoms with Crippen molar-refractivity contribution in [3.05, 3.63) is 0 Å². The Morgan fingerprint density at radius 1 is 0.941 bits per heavy atom. The maximum atomic E-state index is 8.35. The molecular weight excluding hydrogens is 216 g/mol. The molecule has 0 heterocycles. The second-order valence-electron chi connectivity index (χ2n) is 5.34. The highest BCUT2D eigenvalue weighted by atomic mass is 16.1. The minimum atomic E-state index is 0.750. The second-order valence-corrected chi connectivity index (χ2v) is 5.34. The fraction of sp³-hybridized carbons (Fsp3) is 0.846. The third-order valence-corrected chi connectivity index (χ3v) is 4.76. The van der Waals surface area contributed by atoms with Gasteiger partial charge in [-0.05, 0) is 55.3 Å². The predicted molar refractivity (Wildman–Crippen MR) is 63.0 cm³/mol. The summed E-state index contributed by atoms with van der Waals surface area (Å²) >= 11 is 0. The first-order valence-corrected chi connectivity index (χ1v) is 6.27. The van der Waals surface area contributed by atoms with Crippen LogP contribution in [0, 0.1) is 40.4 Å². The number of rotatable bonds is 0. The van der Waals surface area contributed by atoms with E-state index in [0.29, 0.717) is 0 Å². The summed E-state index contributed by atoms with van der Waals surface area (Å²) in [5.74, 6) is 5.79. The van der Waals surface area contributed by atoms with Gasteiger partial charge in [-0.25, -0.2) is 20.4 Å². The van der Waals surface area contributed by atoms with E-state index in [2.05, 4.69) is 6.92 Å². The largest absolute Gasteiger partial charge is 0.231 e. The molecule has 3 fully saturated rings. The molecule has 5 unspecified atom stereocenters. The van der Waals surface area contributed by atoms with Crippen molar-refractivity contribution < 1.29 is 9.59 Å². The first-order valence-electron chi connectivity index (χ1n) is 6.27. The average molecular weight is 236 g/mol. The highest BCUT2D eigenvalue weighted by Crippen LogP contribution is 2.60. The maximum absolute atomic E-state index is 8.35. The average Bonchev–Trinajstić information content (AvgIpc) is 2.89. The summed E-state index contributed by atoms with van der Waals surface area (Å²) < 4.78 is 0. The molecule has 0 aromatic rings. The van der Waals surface area contributed by atoms with E-state index in [4.69, 9.17) is 20.4 Å². The summed E-state index contributed by atoms with van der Waals surface area (Å²) in [7, 11) is 0. The van der Waals surface area contributed by atoms with Gasteiger partial charge in [-0.15, -0.1) is 0 Å². The zero-order valence-electron chi connectivity index (χ0n) is 10.2. The van der Waals surface area contributed by atoms with Gasteiger partial charge in [0.05, 0.1) is 0 Å². The molecular formula is C13H20N2O2. The van der Waals surface area contributed by atoms with Crippen molar-refractivity contribution in [2.45, 2.75) is 39.0 Å². The van der Waals surface area contributed by atoms with E-state index in [1.807, 2.05) is 0 Å². The number of hydrogen-bond donors (Lipinski definition) is 2. The van der Waals surface area contributed by atoms with Crippen LogP contribution in [0.5, 0.6) is 0 Å². The number of carbonyl (C=O) groups excluding carboxylic acids is 2. The molecule has 0 radical (unpaired) electrons. The van der Waals surface area contributed by atoms with Crippen LogP contribution in [0.3, 0.4) is 0 Å². The smallest absolute Gasteiger partial charge is 0.222 e. The Morgan fingerprint density at radius 2 is 1.47 bits per heavy atom. The molecule has 0 aromatic carbocycles. The molecule has 4 nitrogen and oxygen atoms in total. The fourth-order valence-electron chi connectivity index (χ4n) is 4.41. The molecule has 0 spiro atoms. The summed E-state index contributed by atoms with van der Waals surface area (Å²) in [5.41, 5.74) is 0. The molecule has 0 amide bonds. The van der Waals surface area contributed by atoms with E-state index in [9.17, 15) is 0 Å². The van der Waals surface area contributed by atoms with E-state index in [1.165, 1.54) is 17.8 Å². The van der Waals surface area contributed by atoms with Crippen LogP contribution in [0.1, 0.15) is 39.0 Å². The quantitative estimate of drug-likeness (QED) is 0.501. The molecule has 17 heavy (non-hydrogen) atoms. The summed E-state index contributed by atoms with van der Waals surface area (Å²) in [6, 6.07) is 0. The third kappa shape index (κ3) is 2.91. The van der Waals surface area contributed by atoms with Crippen molar-refractivity contribution in [2.75, 3.05) is 0 Å². The molecule has 0 saturated heterocycles. The van der Waals surface area contributed by atoms with Gasteiger partial charge in [-0.3, -0.25) is 0 Å². The number of isocyanates is 2. The molecule has 3 rings (SSSR count). The van der Waals surface area contributed by atoms with Gasteiger partial charge in [-0.2, -0.15) is 0 Å². The Labute approximate surface area is 102 Å². The fourth-order valence-corrected chi connectivity index (χ4v) is 4.41. The summed E-state index contributed by atoms with van der Waals surface area (Å²) in [6.07, 6.45) is 9.39. The molecule has 4 heteroatoms. The van der Waals surface area contributed by atoms with Gasteiger partial charge in [0.25, 0.3) is 0 Å². The van der Waals surface area contributed by atoms with Gasteiger partial charge in [-0.1, -0.05) is 13.3 Å². The Morgan fingerprint density at radius 3 is 2.06 bits per heavy atom. The van der Waals surface area contributed by atoms with Crippen LogP contribution in [0.25, 0.3) is 0 Å². The van der Waals surface area contributed by atoms with Crippen LogP contribution in [0.4, 0.5) is 0 Å². The van der Waals surface area contributed by atoms with Gasteiger partial charge in [0.1, 0.15) is 0 Å². The van der Waals surface area contributed by atoms with Crippen LogP contribution in [-0.2, 0) is 9.59 Å². The zero-order valence-corrected chi connectivity index (χ0v) is 10.2. The normalized spacial score (nSPS) is 39.9. The van der Waals surface area contributed by atoms with E-state index in [0.717, 1.165) is 24.0 Å². The minimum Gasteiger partial charge on any atom is -0.222 e. The molecule has 3 aliphatic carbocycles. The van der Waals surface area contributed by atoms with Crippen molar-refractivity contribution in [1.29, 1.82) is 10.8 Å². The number of hydrogen-bond acceptors (Lipinski definition) is 4. The van der Waals surface area contributed by atoms with E-state index in [-0.39, 0.29) is 0 Å². The van der Waals surface area contributed by atoms with Crippen LogP contribution in [0.2, 0.25) is 0 Å². The van der Waals surface area contributed by atoms with Crippen molar-refractivity contribution in [1.82, 2.24) is 0 Å². The van der Waals surface area contributed by atoms with Crippen molar-refractivity contribution >= 4 is 12.2 Å². The monoisotopic (exact) mass is 236 g/mol. The highest BCUT2D eigenvalue weighted by molar-refractivity contribution is 5.26. The lowest BCUT2D eigenvalue weighted by Crippen LogP contribution is -2.22. The second kappa shape index (κ2) is 6.48. The van der Waals surface area contributed by atoms with Gasteiger partial charge in [0, 0.05) is 0 Å². The molecule has 3 saturated carbocycles. The minimum absolute atomic E-state index is 0.750. The van der Waals surface area contributed by atoms with E-state index in [1.54, 1.807) is 32.1 Å². The Bertz CT molecular complexity index is 305. The van der Waals surface area contributed by atoms with Gasteiger partial charge >= 0.3 is 0 Å². The molecule has 0 aromatic heterocycles. The molecule has 2 N–H and O–H groups in total. The van der Waals surface area contributed by atoms with Crippen LogP contribution >= 0.6 is 0 Å². The van der Waals surface area contributed by atoms with Gasteiger partial charge in [0.15, 0.2) is 0 Å². The van der Waals surface area contributed by atoms with Crippen molar-refractivity contribution in [3.63, 3.8) is 0 Å². The van der Waals surface area contributed by atoms with E-state index < -0.39 is 0 Å².